The molecule has 3 fully saturated rings. The molecular weight excluding hydrogens is 478 g/mol. The van der Waals surface area contributed by atoms with Crippen LogP contribution in [0.1, 0.15) is 18.4 Å². The van der Waals surface area contributed by atoms with Crippen LogP contribution in [-0.4, -0.2) is 48.4 Å². The first kappa shape index (κ1) is 22.9. The summed E-state index contributed by atoms with van der Waals surface area (Å²) in [6, 6.07) is 14.8. The van der Waals surface area contributed by atoms with Gasteiger partial charge in [-0.3, -0.25) is 14.5 Å². The van der Waals surface area contributed by atoms with Gasteiger partial charge in [0.05, 0.1) is 22.4 Å². The van der Waals surface area contributed by atoms with Crippen LogP contribution < -0.4 is 30.9 Å². The number of piperidine rings is 1. The fourth-order valence-corrected chi connectivity index (χ4v) is 6.85. The Kier molecular flexibility index (Phi) is 5.85. The molecule has 9 nitrogen and oxygen atoms in total. The molecule has 4 aliphatic rings. The van der Waals surface area contributed by atoms with Gasteiger partial charge in [0.15, 0.2) is 0 Å². The van der Waals surface area contributed by atoms with E-state index in [4.69, 9.17) is 4.74 Å². The van der Waals surface area contributed by atoms with Crippen molar-refractivity contribution in [3.05, 3.63) is 64.7 Å². The fourth-order valence-electron chi connectivity index (χ4n) is 5.45. The Morgan fingerprint density at radius 2 is 1.97 bits per heavy atom. The maximum atomic E-state index is 13.5. The van der Waals surface area contributed by atoms with E-state index in [1.807, 2.05) is 60.4 Å². The number of hydrogen-bond acceptors (Lipinski definition) is 6. The van der Waals surface area contributed by atoms with E-state index >= 15 is 0 Å². The van der Waals surface area contributed by atoms with Crippen LogP contribution in [0.2, 0.25) is 0 Å². The van der Waals surface area contributed by atoms with Crippen molar-refractivity contribution < 1.29 is 19.1 Å². The molecule has 36 heavy (non-hydrogen) atoms. The lowest BCUT2D eigenvalue weighted by molar-refractivity contribution is -0.119. The molecule has 0 spiro atoms. The van der Waals surface area contributed by atoms with Crippen LogP contribution in [-0.2, 0) is 9.59 Å². The molecule has 2 aromatic rings. The Bertz CT molecular complexity index is 1270. The molecule has 3 saturated heterocycles. The summed E-state index contributed by atoms with van der Waals surface area (Å²) in [7, 11) is 0. The molecule has 4 aliphatic heterocycles. The molecule has 6 rings (SSSR count). The second-order valence-corrected chi connectivity index (χ2v) is 10.6. The molecule has 0 radical (unpaired) electrons. The van der Waals surface area contributed by atoms with Crippen molar-refractivity contribution in [2.45, 2.75) is 37.2 Å². The molecule has 10 heteroatoms. The third kappa shape index (κ3) is 4.10. The fraction of sp³-hybridized carbons (Fsp3) is 0.346. The minimum absolute atomic E-state index is 0.00747. The number of hydrogen-bond donors (Lipinski definition) is 4. The zero-order chi connectivity index (χ0) is 24.8. The van der Waals surface area contributed by atoms with Crippen LogP contribution >= 0.6 is 11.8 Å². The summed E-state index contributed by atoms with van der Waals surface area (Å²) < 4.78 is 5.97. The highest BCUT2D eigenvalue weighted by atomic mass is 32.2. The summed E-state index contributed by atoms with van der Waals surface area (Å²) >= 11 is 1.46. The summed E-state index contributed by atoms with van der Waals surface area (Å²) in [5, 5.41) is 12.2. The van der Waals surface area contributed by atoms with Gasteiger partial charge >= 0.3 is 6.03 Å². The normalized spacial score (nSPS) is 26.9. The number of urea groups is 1. The van der Waals surface area contributed by atoms with Crippen LogP contribution in [0.15, 0.2) is 59.1 Å². The first-order valence-electron chi connectivity index (χ1n) is 12.1. The summed E-state index contributed by atoms with van der Waals surface area (Å²) in [5.74, 6) is 1.12. The van der Waals surface area contributed by atoms with E-state index in [0.717, 1.165) is 30.0 Å². The SMILES string of the molecule is Cc1cc(Oc2ccccc2)ccc1N1C(=O)NC2=C(C(=O)N[C@H]3CNC(=O)C3)SC3NCCC1C23. The number of benzene rings is 2. The minimum Gasteiger partial charge on any atom is -0.457 e. The lowest BCUT2D eigenvalue weighted by Crippen LogP contribution is -2.62. The van der Waals surface area contributed by atoms with Crippen molar-refractivity contribution in [1.82, 2.24) is 21.3 Å². The highest BCUT2D eigenvalue weighted by Gasteiger charge is 2.52. The zero-order valence-electron chi connectivity index (χ0n) is 19.7. The van der Waals surface area contributed by atoms with Crippen molar-refractivity contribution in [2.75, 3.05) is 18.0 Å². The lowest BCUT2D eigenvalue weighted by Gasteiger charge is -2.46. The molecule has 0 aromatic heterocycles. The predicted molar refractivity (Wildman–Crippen MR) is 137 cm³/mol. The van der Waals surface area contributed by atoms with Crippen molar-refractivity contribution >= 4 is 35.3 Å². The summed E-state index contributed by atoms with van der Waals surface area (Å²) in [6.07, 6.45) is 1.05. The van der Waals surface area contributed by atoms with E-state index in [1.165, 1.54) is 11.8 Å². The van der Waals surface area contributed by atoms with Crippen molar-refractivity contribution in [3.8, 4) is 11.5 Å². The van der Waals surface area contributed by atoms with Crippen LogP contribution in [0.4, 0.5) is 10.5 Å². The molecule has 2 aromatic carbocycles. The second-order valence-electron chi connectivity index (χ2n) is 9.46. The third-order valence-corrected chi connectivity index (χ3v) is 8.42. The van der Waals surface area contributed by atoms with E-state index in [0.29, 0.717) is 22.9 Å². The van der Waals surface area contributed by atoms with Gasteiger partial charge in [-0.1, -0.05) is 30.0 Å². The summed E-state index contributed by atoms with van der Waals surface area (Å²) in [4.78, 5) is 40.5. The van der Waals surface area contributed by atoms with Gasteiger partial charge in [-0.2, -0.15) is 0 Å². The van der Waals surface area contributed by atoms with Gasteiger partial charge in [0.2, 0.25) is 5.91 Å². The monoisotopic (exact) mass is 505 g/mol. The first-order chi connectivity index (χ1) is 17.5. The number of anilines is 1. The molecule has 4 atom stereocenters. The van der Waals surface area contributed by atoms with Gasteiger partial charge in [-0.15, -0.1) is 0 Å². The van der Waals surface area contributed by atoms with E-state index < -0.39 is 0 Å². The number of carbonyl (C=O) groups excluding carboxylic acids is 3. The maximum Gasteiger partial charge on any atom is 0.326 e. The molecule has 4 amide bonds. The van der Waals surface area contributed by atoms with E-state index in [2.05, 4.69) is 21.3 Å². The number of aryl methyl sites for hydroxylation is 1. The summed E-state index contributed by atoms with van der Waals surface area (Å²) in [6.45, 7) is 3.15. The van der Waals surface area contributed by atoms with Gasteiger partial charge < -0.3 is 26.0 Å². The van der Waals surface area contributed by atoms with Crippen molar-refractivity contribution in [1.29, 1.82) is 0 Å². The Labute approximate surface area is 213 Å². The number of para-hydroxylation sites is 1. The van der Waals surface area contributed by atoms with Crippen LogP contribution in [0.25, 0.3) is 0 Å². The third-order valence-electron chi connectivity index (χ3n) is 7.07. The maximum absolute atomic E-state index is 13.5. The van der Waals surface area contributed by atoms with Gasteiger partial charge in [0.25, 0.3) is 5.91 Å². The van der Waals surface area contributed by atoms with E-state index in [9.17, 15) is 14.4 Å². The average molecular weight is 506 g/mol. The smallest absolute Gasteiger partial charge is 0.326 e. The quantitative estimate of drug-likeness (QED) is 0.497. The van der Waals surface area contributed by atoms with Gasteiger partial charge in [-0.25, -0.2) is 4.79 Å². The Morgan fingerprint density at radius 3 is 2.72 bits per heavy atom. The number of rotatable bonds is 5. The molecule has 186 valence electrons. The molecular formula is C26H27N5O4S. The van der Waals surface area contributed by atoms with Gasteiger partial charge in [0.1, 0.15) is 11.5 Å². The number of nitrogens with zero attached hydrogens (tertiary/aromatic N) is 1. The van der Waals surface area contributed by atoms with Crippen LogP contribution in [0.3, 0.4) is 0 Å². The number of ether oxygens (including phenoxy) is 1. The minimum atomic E-state index is -0.239. The van der Waals surface area contributed by atoms with Crippen molar-refractivity contribution in [3.63, 3.8) is 0 Å². The number of carbonyl (C=O) groups is 3. The van der Waals surface area contributed by atoms with E-state index in [-0.39, 0.29) is 47.6 Å². The zero-order valence-corrected chi connectivity index (χ0v) is 20.6. The average Bonchev–Trinajstić information content (AvgIpc) is 3.44. The van der Waals surface area contributed by atoms with Crippen LogP contribution in [0, 0.1) is 12.8 Å². The second kappa shape index (κ2) is 9.18. The molecule has 0 aliphatic carbocycles. The Hall–Kier alpha value is -3.50. The Balaban J connectivity index is 1.26. The molecule has 3 unspecified atom stereocenters. The van der Waals surface area contributed by atoms with Gasteiger partial charge in [-0.05, 0) is 55.8 Å². The molecule has 0 saturated carbocycles. The van der Waals surface area contributed by atoms with Gasteiger partial charge in [0, 0.05) is 30.3 Å². The molecule has 4 N–H and O–H groups in total. The first-order valence-corrected chi connectivity index (χ1v) is 13.0. The predicted octanol–water partition coefficient (Wildman–Crippen LogP) is 2.58. The lowest BCUT2D eigenvalue weighted by atomic mass is 9.86. The largest absolute Gasteiger partial charge is 0.457 e. The highest BCUT2D eigenvalue weighted by Crippen LogP contribution is 2.48. The standard InChI is InChI=1S/C26H27N5O4S/c1-14-11-17(35-16-5-3-2-4-6-16)7-8-18(14)31-19-9-10-27-25-21(19)22(30-26(31)34)23(36-25)24(33)29-15-12-20(32)28-13-15/h2-8,11,15,19,21,25,27H,9-10,12-13H2,1H3,(H,28,32)(H,29,33)(H,30,34)/t15-,19?,21?,25?/m1/s1. The number of amides is 4. The number of nitrogens with one attached hydrogen (secondary N) is 4. The molecule has 0 bridgehead atoms. The number of thioether (sulfide) groups is 1. The van der Waals surface area contributed by atoms with Crippen LogP contribution in [0.5, 0.6) is 11.5 Å². The topological polar surface area (TPSA) is 112 Å². The highest BCUT2D eigenvalue weighted by molar-refractivity contribution is 8.04. The molecule has 4 heterocycles. The Morgan fingerprint density at radius 1 is 1.14 bits per heavy atom. The van der Waals surface area contributed by atoms with E-state index in [1.54, 1.807) is 0 Å². The van der Waals surface area contributed by atoms with Crippen molar-refractivity contribution in [2.24, 2.45) is 5.92 Å². The summed E-state index contributed by atoms with van der Waals surface area (Å²) in [5.41, 5.74) is 2.44.